The van der Waals surface area contributed by atoms with Gasteiger partial charge in [-0.2, -0.15) is 0 Å². The highest BCUT2D eigenvalue weighted by Gasteiger charge is 2.25. The van der Waals surface area contributed by atoms with Crippen molar-refractivity contribution in [3.8, 4) is 0 Å². The van der Waals surface area contributed by atoms with Crippen LogP contribution in [0.15, 0.2) is 0 Å². The van der Waals surface area contributed by atoms with E-state index in [0.29, 0.717) is 18.2 Å². The van der Waals surface area contributed by atoms with Crippen molar-refractivity contribution in [3.63, 3.8) is 0 Å². The number of hydrogen-bond donors (Lipinski definition) is 1. The molecule has 0 aliphatic heterocycles. The van der Waals surface area contributed by atoms with Crippen LogP contribution < -0.4 is 5.73 Å². The lowest BCUT2D eigenvalue weighted by atomic mass is 9.93. The molecule has 0 aromatic carbocycles. The third kappa shape index (κ3) is 2.03. The van der Waals surface area contributed by atoms with Gasteiger partial charge in [0.1, 0.15) is 5.78 Å². The average molecular weight is 155 g/mol. The van der Waals surface area contributed by atoms with Gasteiger partial charge in [-0.1, -0.05) is 19.8 Å². The number of nitrogens with two attached hydrogens (primary N) is 1. The van der Waals surface area contributed by atoms with Crippen LogP contribution >= 0.6 is 0 Å². The van der Waals surface area contributed by atoms with Crippen LogP contribution in [0.1, 0.15) is 32.6 Å². The summed E-state index contributed by atoms with van der Waals surface area (Å²) in [5.74, 6) is 0.816. The summed E-state index contributed by atoms with van der Waals surface area (Å²) in [5, 5.41) is 0. The normalized spacial score (nSPS) is 22.0. The SMILES string of the molecule is CC(CN)C(=O)C1CCCC1. The third-order valence-corrected chi connectivity index (χ3v) is 2.60. The largest absolute Gasteiger partial charge is 0.330 e. The summed E-state index contributed by atoms with van der Waals surface area (Å²) in [5.41, 5.74) is 5.42. The zero-order valence-corrected chi connectivity index (χ0v) is 7.18. The van der Waals surface area contributed by atoms with Crippen molar-refractivity contribution in [2.45, 2.75) is 32.6 Å². The van der Waals surface area contributed by atoms with Crippen LogP contribution in [-0.2, 0) is 4.79 Å². The highest BCUT2D eigenvalue weighted by atomic mass is 16.1. The number of hydrogen-bond acceptors (Lipinski definition) is 2. The summed E-state index contributed by atoms with van der Waals surface area (Å²) < 4.78 is 0. The van der Waals surface area contributed by atoms with Gasteiger partial charge in [0.2, 0.25) is 0 Å². The van der Waals surface area contributed by atoms with Crippen molar-refractivity contribution in [3.05, 3.63) is 0 Å². The van der Waals surface area contributed by atoms with Crippen LogP contribution in [-0.4, -0.2) is 12.3 Å². The van der Waals surface area contributed by atoms with Crippen LogP contribution in [0.5, 0.6) is 0 Å². The maximum atomic E-state index is 11.5. The number of carbonyl (C=O) groups is 1. The third-order valence-electron chi connectivity index (χ3n) is 2.60. The molecule has 1 aliphatic carbocycles. The smallest absolute Gasteiger partial charge is 0.140 e. The number of rotatable bonds is 3. The molecule has 1 unspecified atom stereocenters. The van der Waals surface area contributed by atoms with Crippen LogP contribution in [0.3, 0.4) is 0 Å². The van der Waals surface area contributed by atoms with Crippen molar-refractivity contribution in [2.24, 2.45) is 17.6 Å². The highest BCUT2D eigenvalue weighted by Crippen LogP contribution is 2.27. The van der Waals surface area contributed by atoms with E-state index < -0.39 is 0 Å². The van der Waals surface area contributed by atoms with Gasteiger partial charge in [0.25, 0.3) is 0 Å². The van der Waals surface area contributed by atoms with E-state index in [9.17, 15) is 4.79 Å². The zero-order chi connectivity index (χ0) is 8.27. The quantitative estimate of drug-likeness (QED) is 0.668. The van der Waals surface area contributed by atoms with Crippen molar-refractivity contribution < 1.29 is 4.79 Å². The van der Waals surface area contributed by atoms with Crippen molar-refractivity contribution in [1.82, 2.24) is 0 Å². The van der Waals surface area contributed by atoms with Gasteiger partial charge in [-0.3, -0.25) is 4.79 Å². The van der Waals surface area contributed by atoms with Crippen molar-refractivity contribution >= 4 is 5.78 Å². The standard InChI is InChI=1S/C9H17NO/c1-7(6-10)9(11)8-4-2-3-5-8/h7-8H,2-6,10H2,1H3. The summed E-state index contributed by atoms with van der Waals surface area (Å²) in [7, 11) is 0. The molecule has 0 aromatic rings. The topological polar surface area (TPSA) is 43.1 Å². The first-order valence-electron chi connectivity index (χ1n) is 4.49. The molecule has 2 N–H and O–H groups in total. The van der Waals surface area contributed by atoms with E-state index in [1.165, 1.54) is 12.8 Å². The molecule has 0 spiro atoms. The molecule has 1 rings (SSSR count). The van der Waals surface area contributed by atoms with Crippen LogP contribution in [0.4, 0.5) is 0 Å². The van der Waals surface area contributed by atoms with Gasteiger partial charge < -0.3 is 5.73 Å². The first kappa shape index (κ1) is 8.72. The second-order valence-corrected chi connectivity index (χ2v) is 3.52. The second kappa shape index (κ2) is 3.86. The van der Waals surface area contributed by atoms with E-state index in [1.54, 1.807) is 0 Å². The Kier molecular flexibility index (Phi) is 3.06. The lowest BCUT2D eigenvalue weighted by molar-refractivity contribution is -0.125. The number of Topliss-reactive ketones (excluding diaryl/α,β-unsaturated/α-hetero) is 1. The Hall–Kier alpha value is -0.370. The predicted molar refractivity (Wildman–Crippen MR) is 45.2 cm³/mol. The van der Waals surface area contributed by atoms with Crippen molar-refractivity contribution in [1.29, 1.82) is 0 Å². The molecule has 64 valence electrons. The predicted octanol–water partition coefficient (Wildman–Crippen LogP) is 1.34. The molecule has 11 heavy (non-hydrogen) atoms. The molecule has 0 aromatic heterocycles. The van der Waals surface area contributed by atoms with Crippen LogP contribution in [0.25, 0.3) is 0 Å². The van der Waals surface area contributed by atoms with Gasteiger partial charge in [-0.05, 0) is 12.8 Å². The Balaban J connectivity index is 2.39. The molecular formula is C9H17NO. The Morgan fingerprint density at radius 2 is 2.09 bits per heavy atom. The maximum Gasteiger partial charge on any atom is 0.140 e. The first-order chi connectivity index (χ1) is 5.25. The molecule has 1 aliphatic rings. The second-order valence-electron chi connectivity index (χ2n) is 3.52. The molecular weight excluding hydrogens is 138 g/mol. The van der Waals surface area contributed by atoms with E-state index in [1.807, 2.05) is 6.92 Å². The number of ketones is 1. The molecule has 0 amide bonds. The maximum absolute atomic E-state index is 11.5. The lowest BCUT2D eigenvalue weighted by Crippen LogP contribution is -2.25. The Bertz CT molecular complexity index is 138. The minimum absolute atomic E-state index is 0.0816. The average Bonchev–Trinajstić information content (AvgIpc) is 2.53. The fraction of sp³-hybridized carbons (Fsp3) is 0.889. The number of carbonyl (C=O) groups excluding carboxylic acids is 1. The molecule has 0 bridgehead atoms. The molecule has 1 atom stereocenters. The molecule has 1 fully saturated rings. The van der Waals surface area contributed by atoms with Gasteiger partial charge in [0.05, 0.1) is 0 Å². The van der Waals surface area contributed by atoms with E-state index in [0.717, 1.165) is 12.8 Å². The van der Waals surface area contributed by atoms with Gasteiger partial charge in [0.15, 0.2) is 0 Å². The molecule has 0 heterocycles. The summed E-state index contributed by atoms with van der Waals surface area (Å²) in [6, 6.07) is 0. The fourth-order valence-corrected chi connectivity index (χ4v) is 1.73. The van der Waals surface area contributed by atoms with Gasteiger partial charge in [0, 0.05) is 18.4 Å². The van der Waals surface area contributed by atoms with E-state index in [4.69, 9.17) is 5.73 Å². The van der Waals surface area contributed by atoms with Crippen LogP contribution in [0, 0.1) is 11.8 Å². The van der Waals surface area contributed by atoms with Crippen LogP contribution in [0.2, 0.25) is 0 Å². The summed E-state index contributed by atoms with van der Waals surface area (Å²) >= 11 is 0. The first-order valence-corrected chi connectivity index (χ1v) is 4.49. The van der Waals surface area contributed by atoms with E-state index in [-0.39, 0.29) is 5.92 Å². The summed E-state index contributed by atoms with van der Waals surface area (Å²) in [6.45, 7) is 2.44. The summed E-state index contributed by atoms with van der Waals surface area (Å²) in [6.07, 6.45) is 4.66. The molecule has 2 nitrogen and oxygen atoms in total. The van der Waals surface area contributed by atoms with E-state index >= 15 is 0 Å². The minimum atomic E-state index is 0.0816. The highest BCUT2D eigenvalue weighted by molar-refractivity contribution is 5.83. The van der Waals surface area contributed by atoms with Crippen molar-refractivity contribution in [2.75, 3.05) is 6.54 Å². The molecule has 2 heteroatoms. The lowest BCUT2D eigenvalue weighted by Gasteiger charge is -2.12. The van der Waals surface area contributed by atoms with Gasteiger partial charge in [-0.15, -0.1) is 0 Å². The fourth-order valence-electron chi connectivity index (χ4n) is 1.73. The van der Waals surface area contributed by atoms with Gasteiger partial charge in [-0.25, -0.2) is 0 Å². The summed E-state index contributed by atoms with van der Waals surface area (Å²) in [4.78, 5) is 11.5. The zero-order valence-electron chi connectivity index (χ0n) is 7.18. The molecule has 0 radical (unpaired) electrons. The Labute approximate surface area is 68.2 Å². The van der Waals surface area contributed by atoms with Gasteiger partial charge >= 0.3 is 0 Å². The van der Waals surface area contributed by atoms with E-state index in [2.05, 4.69) is 0 Å². The Morgan fingerprint density at radius 1 is 1.55 bits per heavy atom. The molecule has 1 saturated carbocycles. The monoisotopic (exact) mass is 155 g/mol. The Morgan fingerprint density at radius 3 is 2.55 bits per heavy atom. The molecule has 0 saturated heterocycles. The minimum Gasteiger partial charge on any atom is -0.330 e.